The van der Waals surface area contributed by atoms with Crippen LogP contribution in [0.1, 0.15) is 15.9 Å². The van der Waals surface area contributed by atoms with Crippen LogP contribution >= 0.6 is 12.2 Å². The van der Waals surface area contributed by atoms with Gasteiger partial charge in [0, 0.05) is 5.56 Å². The van der Waals surface area contributed by atoms with Crippen LogP contribution in [0.5, 0.6) is 11.5 Å². The molecule has 3 rings (SSSR count). The third kappa shape index (κ3) is 4.05. The molecular formula is C17H13F3N2O3S. The second-order valence-electron chi connectivity index (χ2n) is 5.31. The molecule has 1 aliphatic heterocycles. The third-order valence-corrected chi connectivity index (χ3v) is 3.72. The summed E-state index contributed by atoms with van der Waals surface area (Å²) in [5.74, 6) is 0.363. The van der Waals surface area contributed by atoms with E-state index in [2.05, 4.69) is 10.6 Å². The molecule has 2 aromatic carbocycles. The summed E-state index contributed by atoms with van der Waals surface area (Å²) in [6, 6.07) is 9.43. The number of hydrogen-bond acceptors (Lipinski definition) is 4. The monoisotopic (exact) mass is 382 g/mol. The van der Waals surface area contributed by atoms with Crippen LogP contribution in [0.4, 0.5) is 18.9 Å². The molecule has 5 nitrogen and oxygen atoms in total. The van der Waals surface area contributed by atoms with Gasteiger partial charge in [0.25, 0.3) is 5.91 Å². The van der Waals surface area contributed by atoms with Crippen molar-refractivity contribution in [1.82, 2.24) is 5.32 Å². The average Bonchev–Trinajstić information content (AvgIpc) is 2.60. The second kappa shape index (κ2) is 7.20. The maximum atomic E-state index is 13.0. The summed E-state index contributed by atoms with van der Waals surface area (Å²) in [6.45, 7) is 0.789. The lowest BCUT2D eigenvalue weighted by Gasteiger charge is -2.19. The number of carbonyl (C=O) groups is 1. The second-order valence-corrected chi connectivity index (χ2v) is 5.72. The van der Waals surface area contributed by atoms with E-state index in [1.165, 1.54) is 30.3 Å². The van der Waals surface area contributed by atoms with E-state index in [0.29, 0.717) is 24.7 Å². The third-order valence-electron chi connectivity index (χ3n) is 3.51. The van der Waals surface area contributed by atoms with Crippen molar-refractivity contribution >= 4 is 28.9 Å². The van der Waals surface area contributed by atoms with E-state index in [4.69, 9.17) is 21.7 Å². The highest BCUT2D eigenvalue weighted by Gasteiger charge is 2.33. The zero-order chi connectivity index (χ0) is 18.7. The van der Waals surface area contributed by atoms with Crippen LogP contribution in [0, 0.1) is 0 Å². The predicted molar refractivity (Wildman–Crippen MR) is 92.6 cm³/mol. The fourth-order valence-electron chi connectivity index (χ4n) is 2.35. The van der Waals surface area contributed by atoms with Crippen LogP contribution in [0.15, 0.2) is 42.5 Å². The lowest BCUT2D eigenvalue weighted by molar-refractivity contribution is -0.136. The summed E-state index contributed by atoms with van der Waals surface area (Å²) in [6.07, 6.45) is -4.54. The molecule has 2 aromatic rings. The first-order valence-electron chi connectivity index (χ1n) is 7.53. The van der Waals surface area contributed by atoms with Crippen molar-refractivity contribution in [3.63, 3.8) is 0 Å². The molecule has 0 unspecified atom stereocenters. The molecule has 0 aromatic heterocycles. The van der Waals surface area contributed by atoms with E-state index in [1.807, 2.05) is 0 Å². The average molecular weight is 382 g/mol. The summed E-state index contributed by atoms with van der Waals surface area (Å²) in [4.78, 5) is 12.3. The van der Waals surface area contributed by atoms with Crippen LogP contribution in [0.2, 0.25) is 0 Å². The van der Waals surface area contributed by atoms with Gasteiger partial charge in [0.15, 0.2) is 16.6 Å². The number of nitrogens with one attached hydrogen (secondary N) is 2. The summed E-state index contributed by atoms with van der Waals surface area (Å²) in [7, 11) is 0. The van der Waals surface area contributed by atoms with Gasteiger partial charge in [0.2, 0.25) is 0 Å². The Morgan fingerprint density at radius 3 is 2.46 bits per heavy atom. The summed E-state index contributed by atoms with van der Waals surface area (Å²) in [5, 5.41) is 4.50. The molecule has 136 valence electrons. The van der Waals surface area contributed by atoms with Crippen LogP contribution in [0.25, 0.3) is 0 Å². The van der Waals surface area contributed by atoms with E-state index >= 15 is 0 Å². The Bertz CT molecular complexity index is 855. The van der Waals surface area contributed by atoms with Gasteiger partial charge >= 0.3 is 6.18 Å². The summed E-state index contributed by atoms with van der Waals surface area (Å²) >= 11 is 4.95. The number of thiocarbonyl (C=S) groups is 1. The highest BCUT2D eigenvalue weighted by Crippen LogP contribution is 2.34. The highest BCUT2D eigenvalue weighted by molar-refractivity contribution is 7.80. The Morgan fingerprint density at radius 1 is 1.04 bits per heavy atom. The number of hydrogen-bond donors (Lipinski definition) is 2. The molecule has 9 heteroatoms. The number of rotatable bonds is 2. The number of halogens is 3. The molecule has 26 heavy (non-hydrogen) atoms. The maximum Gasteiger partial charge on any atom is 0.418 e. The van der Waals surface area contributed by atoms with Gasteiger partial charge in [-0.2, -0.15) is 13.2 Å². The van der Waals surface area contributed by atoms with E-state index in [0.717, 1.165) is 6.07 Å². The number of amides is 1. The van der Waals surface area contributed by atoms with Gasteiger partial charge in [0.1, 0.15) is 13.2 Å². The van der Waals surface area contributed by atoms with Crippen molar-refractivity contribution in [2.75, 3.05) is 18.5 Å². The quantitative estimate of drug-likeness (QED) is 0.778. The van der Waals surface area contributed by atoms with Crippen LogP contribution < -0.4 is 20.1 Å². The van der Waals surface area contributed by atoms with Crippen molar-refractivity contribution in [3.8, 4) is 11.5 Å². The minimum Gasteiger partial charge on any atom is -0.486 e. The Balaban J connectivity index is 1.70. The number of fused-ring (bicyclic) bond motifs is 1. The molecule has 0 saturated heterocycles. The van der Waals surface area contributed by atoms with Crippen molar-refractivity contribution in [2.24, 2.45) is 0 Å². The van der Waals surface area contributed by atoms with Gasteiger partial charge in [-0.15, -0.1) is 0 Å². The fourth-order valence-corrected chi connectivity index (χ4v) is 2.56. The topological polar surface area (TPSA) is 59.6 Å². The standard InChI is InChI=1S/C17H13F3N2O3S/c18-17(19,20)11-3-1-2-4-12(11)21-16(26)22-15(23)10-5-6-13-14(9-10)25-8-7-24-13/h1-6,9H,7-8H2,(H2,21,22,23,26). The van der Waals surface area contributed by atoms with Crippen molar-refractivity contribution in [3.05, 3.63) is 53.6 Å². The van der Waals surface area contributed by atoms with Gasteiger partial charge in [-0.1, -0.05) is 12.1 Å². The minimum atomic E-state index is -4.54. The zero-order valence-electron chi connectivity index (χ0n) is 13.2. The van der Waals surface area contributed by atoms with Gasteiger partial charge in [-0.3, -0.25) is 10.1 Å². The largest absolute Gasteiger partial charge is 0.486 e. The number of benzene rings is 2. The molecule has 0 saturated carbocycles. The first-order chi connectivity index (χ1) is 12.3. The van der Waals surface area contributed by atoms with E-state index in [-0.39, 0.29) is 16.4 Å². The summed E-state index contributed by atoms with van der Waals surface area (Å²) in [5.41, 5.74) is -0.883. The SMILES string of the molecule is O=C(NC(=S)Nc1ccccc1C(F)(F)F)c1ccc2c(c1)OCCO2. The lowest BCUT2D eigenvalue weighted by atomic mass is 10.1. The number of para-hydroxylation sites is 1. The number of anilines is 1. The smallest absolute Gasteiger partial charge is 0.418 e. The lowest BCUT2D eigenvalue weighted by Crippen LogP contribution is -2.34. The molecular weight excluding hydrogens is 369 g/mol. The fraction of sp³-hybridized carbons (Fsp3) is 0.176. The highest BCUT2D eigenvalue weighted by atomic mass is 32.1. The summed E-state index contributed by atoms with van der Waals surface area (Å²) < 4.78 is 49.7. The van der Waals surface area contributed by atoms with E-state index in [1.54, 1.807) is 6.07 Å². The molecule has 1 heterocycles. The van der Waals surface area contributed by atoms with Crippen LogP contribution in [0.3, 0.4) is 0 Å². The molecule has 0 atom stereocenters. The van der Waals surface area contributed by atoms with Crippen molar-refractivity contribution < 1.29 is 27.4 Å². The van der Waals surface area contributed by atoms with Gasteiger partial charge in [0.05, 0.1) is 11.3 Å². The molecule has 2 N–H and O–H groups in total. The molecule has 0 bridgehead atoms. The van der Waals surface area contributed by atoms with Crippen LogP contribution in [-0.2, 0) is 6.18 Å². The van der Waals surface area contributed by atoms with Crippen molar-refractivity contribution in [1.29, 1.82) is 0 Å². The maximum absolute atomic E-state index is 13.0. The Morgan fingerprint density at radius 2 is 1.73 bits per heavy atom. The Labute approximate surface area is 152 Å². The predicted octanol–water partition coefficient (Wildman–Crippen LogP) is 3.60. The number of alkyl halides is 3. The van der Waals surface area contributed by atoms with E-state index < -0.39 is 17.6 Å². The van der Waals surface area contributed by atoms with Crippen LogP contribution in [-0.4, -0.2) is 24.2 Å². The molecule has 0 spiro atoms. The van der Waals surface area contributed by atoms with Gasteiger partial charge in [-0.05, 0) is 42.5 Å². The molecule has 1 aliphatic rings. The van der Waals surface area contributed by atoms with Crippen molar-refractivity contribution in [2.45, 2.75) is 6.18 Å². The zero-order valence-corrected chi connectivity index (χ0v) is 14.0. The van der Waals surface area contributed by atoms with Gasteiger partial charge < -0.3 is 14.8 Å². The first kappa shape index (κ1) is 18.0. The number of ether oxygens (including phenoxy) is 2. The van der Waals surface area contributed by atoms with Gasteiger partial charge in [-0.25, -0.2) is 0 Å². The molecule has 0 aliphatic carbocycles. The number of carbonyl (C=O) groups excluding carboxylic acids is 1. The Kier molecular flexibility index (Phi) is 4.99. The molecule has 0 fully saturated rings. The minimum absolute atomic E-state index is 0.238. The molecule has 0 radical (unpaired) electrons. The first-order valence-corrected chi connectivity index (χ1v) is 7.93. The van der Waals surface area contributed by atoms with E-state index in [9.17, 15) is 18.0 Å². The Hall–Kier alpha value is -2.81. The molecule has 1 amide bonds. The normalized spacial score (nSPS) is 13.0.